The van der Waals surface area contributed by atoms with Gasteiger partial charge in [0.15, 0.2) is 6.54 Å². The summed E-state index contributed by atoms with van der Waals surface area (Å²) in [5.41, 5.74) is 2.34. The van der Waals surface area contributed by atoms with Gasteiger partial charge in [-0.1, -0.05) is 11.3 Å². The van der Waals surface area contributed by atoms with E-state index in [1.165, 1.54) is 24.1 Å². The third-order valence-electron chi connectivity index (χ3n) is 5.42. The highest BCUT2D eigenvalue weighted by Gasteiger charge is 2.27. The Morgan fingerprint density at radius 1 is 1.23 bits per heavy atom. The number of quaternary nitrogens is 1. The minimum Gasteiger partial charge on any atom is -0.465 e. The lowest BCUT2D eigenvalue weighted by atomic mass is 10.0. The maximum absolute atomic E-state index is 13.4. The molecule has 0 atom stereocenters. The van der Waals surface area contributed by atoms with Gasteiger partial charge in [0.25, 0.3) is 5.91 Å². The number of aromatic nitrogens is 3. The molecular formula is C21H23FN5O3+. The zero-order valence-corrected chi connectivity index (χ0v) is 16.6. The molecule has 8 nitrogen and oxygen atoms in total. The molecule has 1 saturated heterocycles. The van der Waals surface area contributed by atoms with Gasteiger partial charge in [-0.3, -0.25) is 4.79 Å². The van der Waals surface area contributed by atoms with Crippen molar-refractivity contribution in [2.45, 2.75) is 18.9 Å². The van der Waals surface area contributed by atoms with Crippen LogP contribution >= 0.6 is 0 Å². The number of carbonyl (C=O) groups is 2. The monoisotopic (exact) mass is 412 g/mol. The molecule has 0 bridgehead atoms. The Kier molecular flexibility index (Phi) is 5.71. The number of fused-ring (bicyclic) bond motifs is 1. The maximum Gasteiger partial charge on any atom is 0.337 e. The van der Waals surface area contributed by atoms with E-state index in [-0.39, 0.29) is 17.8 Å². The molecule has 1 fully saturated rings. The second kappa shape index (κ2) is 8.58. The topological polar surface area (TPSA) is 90.5 Å². The summed E-state index contributed by atoms with van der Waals surface area (Å²) in [6.07, 6.45) is 1.71. The first-order valence-corrected chi connectivity index (χ1v) is 9.86. The quantitative estimate of drug-likeness (QED) is 0.615. The molecule has 1 aliphatic rings. The van der Waals surface area contributed by atoms with Crippen LogP contribution in [0.25, 0.3) is 11.0 Å². The molecular weight excluding hydrogens is 389 g/mol. The SMILES string of the molecule is COC(=O)c1cccc(NC(=O)C[NH+]2CCC(n3nnc4cc(F)ccc43)CC2)c1. The standard InChI is InChI=1S/C21H22FN5O3/c1-30-21(29)14-3-2-4-16(11-14)23-20(28)13-26-9-7-17(8-10-26)27-19-6-5-15(22)12-18(19)24-25-27/h2-6,11-12,17H,7-10,13H2,1H3,(H,23,28)/p+1. The Labute approximate surface area is 172 Å². The van der Waals surface area contributed by atoms with Gasteiger partial charge in [0.1, 0.15) is 11.3 Å². The predicted octanol–water partition coefficient (Wildman–Crippen LogP) is 1.22. The van der Waals surface area contributed by atoms with Crippen molar-refractivity contribution in [3.8, 4) is 0 Å². The number of piperidine rings is 1. The largest absolute Gasteiger partial charge is 0.465 e. The lowest BCUT2D eigenvalue weighted by Crippen LogP contribution is -3.14. The summed E-state index contributed by atoms with van der Waals surface area (Å²) in [6.45, 7) is 1.99. The molecule has 1 aliphatic heterocycles. The van der Waals surface area contributed by atoms with Gasteiger partial charge in [-0.05, 0) is 30.3 Å². The molecule has 0 spiro atoms. The fraction of sp³-hybridized carbons (Fsp3) is 0.333. The molecule has 1 amide bonds. The summed E-state index contributed by atoms with van der Waals surface area (Å²) in [4.78, 5) is 25.2. The molecule has 156 valence electrons. The number of amides is 1. The normalized spacial score (nSPS) is 18.9. The third-order valence-corrected chi connectivity index (χ3v) is 5.42. The number of halogens is 1. The number of hydrogen-bond donors (Lipinski definition) is 2. The van der Waals surface area contributed by atoms with E-state index in [1.54, 1.807) is 30.3 Å². The van der Waals surface area contributed by atoms with Crippen LogP contribution in [0.5, 0.6) is 0 Å². The highest BCUT2D eigenvalue weighted by atomic mass is 19.1. The molecule has 0 unspecified atom stereocenters. The summed E-state index contributed by atoms with van der Waals surface area (Å²) >= 11 is 0. The average molecular weight is 412 g/mol. The van der Waals surface area contributed by atoms with Crippen LogP contribution in [0.3, 0.4) is 0 Å². The van der Waals surface area contributed by atoms with Crippen LogP contribution < -0.4 is 10.2 Å². The second-order valence-corrected chi connectivity index (χ2v) is 7.45. The van der Waals surface area contributed by atoms with Crippen molar-refractivity contribution in [3.63, 3.8) is 0 Å². The number of carbonyl (C=O) groups excluding carboxylic acids is 2. The van der Waals surface area contributed by atoms with Crippen molar-refractivity contribution in [1.82, 2.24) is 15.0 Å². The van der Waals surface area contributed by atoms with Gasteiger partial charge >= 0.3 is 5.97 Å². The Bertz CT molecular complexity index is 1080. The van der Waals surface area contributed by atoms with Crippen LogP contribution in [-0.2, 0) is 9.53 Å². The molecule has 9 heteroatoms. The number of nitrogens with one attached hydrogen (secondary N) is 2. The fourth-order valence-corrected chi connectivity index (χ4v) is 3.89. The number of methoxy groups -OCH3 is 1. The Morgan fingerprint density at radius 2 is 2.03 bits per heavy atom. The second-order valence-electron chi connectivity index (χ2n) is 7.45. The number of likely N-dealkylation sites (tertiary alicyclic amines) is 1. The van der Waals surface area contributed by atoms with E-state index in [9.17, 15) is 14.0 Å². The van der Waals surface area contributed by atoms with Gasteiger partial charge in [0.2, 0.25) is 0 Å². The summed E-state index contributed by atoms with van der Waals surface area (Å²) in [5.74, 6) is -0.869. The van der Waals surface area contributed by atoms with Crippen molar-refractivity contribution in [1.29, 1.82) is 0 Å². The molecule has 4 rings (SSSR count). The summed E-state index contributed by atoms with van der Waals surface area (Å²) in [7, 11) is 1.32. The number of ether oxygens (including phenoxy) is 1. The third kappa shape index (κ3) is 4.30. The Hall–Kier alpha value is -3.33. The van der Waals surface area contributed by atoms with Crippen molar-refractivity contribution in [2.75, 3.05) is 32.1 Å². The number of anilines is 1. The molecule has 0 aliphatic carbocycles. The number of rotatable bonds is 5. The zero-order valence-electron chi connectivity index (χ0n) is 16.6. The van der Waals surface area contributed by atoms with E-state index in [1.807, 2.05) is 4.68 Å². The van der Waals surface area contributed by atoms with E-state index in [0.717, 1.165) is 31.4 Å². The molecule has 3 aromatic rings. The van der Waals surface area contributed by atoms with Crippen LogP contribution in [0.1, 0.15) is 29.2 Å². The van der Waals surface area contributed by atoms with E-state index in [0.29, 0.717) is 23.3 Å². The van der Waals surface area contributed by atoms with E-state index in [4.69, 9.17) is 4.74 Å². The summed E-state index contributed by atoms with van der Waals surface area (Å²) in [6, 6.07) is 11.4. The van der Waals surface area contributed by atoms with Crippen LogP contribution in [0.15, 0.2) is 42.5 Å². The van der Waals surface area contributed by atoms with E-state index >= 15 is 0 Å². The van der Waals surface area contributed by atoms with Crippen LogP contribution in [0, 0.1) is 5.82 Å². The van der Waals surface area contributed by atoms with Gasteiger partial charge in [-0.15, -0.1) is 5.10 Å². The summed E-state index contributed by atoms with van der Waals surface area (Å²) in [5, 5.41) is 11.1. The first-order valence-electron chi connectivity index (χ1n) is 9.86. The minimum absolute atomic E-state index is 0.104. The highest BCUT2D eigenvalue weighted by molar-refractivity contribution is 5.94. The molecule has 1 aromatic heterocycles. The van der Waals surface area contributed by atoms with Crippen molar-refractivity contribution in [3.05, 3.63) is 53.8 Å². The molecule has 2 heterocycles. The van der Waals surface area contributed by atoms with Gasteiger partial charge in [0.05, 0.1) is 37.3 Å². The van der Waals surface area contributed by atoms with E-state index in [2.05, 4.69) is 15.6 Å². The number of hydrogen-bond acceptors (Lipinski definition) is 5. The molecule has 2 N–H and O–H groups in total. The fourth-order valence-electron chi connectivity index (χ4n) is 3.89. The average Bonchev–Trinajstić information content (AvgIpc) is 3.16. The van der Waals surface area contributed by atoms with Gasteiger partial charge in [0, 0.05) is 24.6 Å². The summed E-state index contributed by atoms with van der Waals surface area (Å²) < 4.78 is 19.9. The minimum atomic E-state index is -0.442. The van der Waals surface area contributed by atoms with Crippen LogP contribution in [0.4, 0.5) is 10.1 Å². The number of esters is 1. The maximum atomic E-state index is 13.4. The van der Waals surface area contributed by atoms with Gasteiger partial charge in [-0.25, -0.2) is 13.9 Å². The van der Waals surface area contributed by atoms with Crippen LogP contribution in [-0.4, -0.2) is 53.6 Å². The predicted molar refractivity (Wildman–Crippen MR) is 108 cm³/mol. The first kappa shape index (κ1) is 20.0. The van der Waals surface area contributed by atoms with Crippen molar-refractivity contribution < 1.29 is 23.6 Å². The van der Waals surface area contributed by atoms with Gasteiger partial charge in [-0.2, -0.15) is 0 Å². The molecule has 30 heavy (non-hydrogen) atoms. The Morgan fingerprint density at radius 3 is 2.80 bits per heavy atom. The van der Waals surface area contributed by atoms with Gasteiger partial charge < -0.3 is 15.0 Å². The first-order chi connectivity index (χ1) is 14.5. The molecule has 0 saturated carbocycles. The van der Waals surface area contributed by atoms with E-state index < -0.39 is 5.97 Å². The number of nitrogens with zero attached hydrogens (tertiary/aromatic N) is 3. The van der Waals surface area contributed by atoms with Crippen LogP contribution in [0.2, 0.25) is 0 Å². The number of benzene rings is 2. The lowest BCUT2D eigenvalue weighted by molar-refractivity contribution is -0.897. The smallest absolute Gasteiger partial charge is 0.337 e. The molecule has 0 radical (unpaired) electrons. The highest BCUT2D eigenvalue weighted by Crippen LogP contribution is 2.22. The van der Waals surface area contributed by atoms with Crippen molar-refractivity contribution >= 4 is 28.6 Å². The zero-order chi connectivity index (χ0) is 21.1. The lowest BCUT2D eigenvalue weighted by Gasteiger charge is -2.29. The Balaban J connectivity index is 1.32. The molecule has 2 aromatic carbocycles. The van der Waals surface area contributed by atoms with Crippen molar-refractivity contribution in [2.24, 2.45) is 0 Å².